The van der Waals surface area contributed by atoms with Gasteiger partial charge in [-0.2, -0.15) is 5.10 Å². The highest BCUT2D eigenvalue weighted by Crippen LogP contribution is 2.45. The van der Waals surface area contributed by atoms with Gasteiger partial charge in [-0.1, -0.05) is 75.7 Å². The van der Waals surface area contributed by atoms with Gasteiger partial charge in [0.1, 0.15) is 16.2 Å². The van der Waals surface area contributed by atoms with Gasteiger partial charge >= 0.3 is 0 Å². The summed E-state index contributed by atoms with van der Waals surface area (Å²) in [6.07, 6.45) is 0. The maximum atomic E-state index is 13.4. The number of hydrogen-bond acceptors (Lipinski definition) is 4. The predicted molar refractivity (Wildman–Crippen MR) is 121 cm³/mol. The zero-order valence-corrected chi connectivity index (χ0v) is 18.4. The van der Waals surface area contributed by atoms with Crippen molar-refractivity contribution in [1.29, 1.82) is 0 Å². The number of rotatable bonds is 4. The number of carbonyl (C=O) groups is 1. The third-order valence-electron chi connectivity index (χ3n) is 4.61. The van der Waals surface area contributed by atoms with Crippen molar-refractivity contribution in [3.05, 3.63) is 99.5 Å². The summed E-state index contributed by atoms with van der Waals surface area (Å²) in [7, 11) is 1.64. The molecule has 3 aromatic rings. The SMILES string of the molecule is COc1ccccc1C1SC(c2ccc(Br)cc2)=NN1C(=O)c1cccc(C)c1. The van der Waals surface area contributed by atoms with Gasteiger partial charge in [0.2, 0.25) is 0 Å². The molecular formula is C23H19BrN2O2S. The van der Waals surface area contributed by atoms with E-state index in [1.54, 1.807) is 23.9 Å². The first kappa shape index (κ1) is 19.7. The van der Waals surface area contributed by atoms with Gasteiger partial charge in [0.15, 0.2) is 0 Å². The van der Waals surface area contributed by atoms with E-state index in [1.807, 2.05) is 79.7 Å². The lowest BCUT2D eigenvalue weighted by Crippen LogP contribution is -2.26. The molecule has 4 nitrogen and oxygen atoms in total. The molecule has 0 N–H and O–H groups in total. The molecule has 0 bridgehead atoms. The first-order chi connectivity index (χ1) is 14.1. The number of benzene rings is 3. The van der Waals surface area contributed by atoms with Crippen LogP contribution in [0.1, 0.15) is 32.4 Å². The van der Waals surface area contributed by atoms with Crippen LogP contribution in [0, 0.1) is 6.92 Å². The zero-order valence-electron chi connectivity index (χ0n) is 16.0. The van der Waals surface area contributed by atoms with E-state index in [2.05, 4.69) is 15.9 Å². The number of hydrogen-bond donors (Lipinski definition) is 0. The van der Waals surface area contributed by atoms with Crippen molar-refractivity contribution in [1.82, 2.24) is 5.01 Å². The first-order valence-electron chi connectivity index (χ1n) is 9.11. The monoisotopic (exact) mass is 466 g/mol. The highest BCUT2D eigenvalue weighted by Gasteiger charge is 2.36. The van der Waals surface area contributed by atoms with Crippen molar-refractivity contribution in [2.24, 2.45) is 5.10 Å². The van der Waals surface area contributed by atoms with Crippen LogP contribution in [0.2, 0.25) is 0 Å². The van der Waals surface area contributed by atoms with Gasteiger partial charge in [0.25, 0.3) is 5.91 Å². The largest absolute Gasteiger partial charge is 0.496 e. The van der Waals surface area contributed by atoms with E-state index >= 15 is 0 Å². The molecule has 0 saturated carbocycles. The van der Waals surface area contributed by atoms with Crippen LogP contribution in [0.4, 0.5) is 0 Å². The number of thioether (sulfide) groups is 1. The quantitative estimate of drug-likeness (QED) is 0.472. The molecule has 29 heavy (non-hydrogen) atoms. The highest BCUT2D eigenvalue weighted by molar-refractivity contribution is 9.10. The molecule has 1 heterocycles. The number of halogens is 1. The molecule has 1 aliphatic rings. The molecule has 4 rings (SSSR count). The lowest BCUT2D eigenvalue weighted by Gasteiger charge is -2.22. The number of carbonyl (C=O) groups excluding carboxylic acids is 1. The zero-order chi connectivity index (χ0) is 20.4. The Hall–Kier alpha value is -2.57. The molecule has 146 valence electrons. The second-order valence-corrected chi connectivity index (χ2v) is 8.63. The summed E-state index contributed by atoms with van der Waals surface area (Å²) in [6.45, 7) is 1.98. The summed E-state index contributed by atoms with van der Waals surface area (Å²) in [4.78, 5) is 13.4. The van der Waals surface area contributed by atoms with Gasteiger partial charge in [0, 0.05) is 21.2 Å². The van der Waals surface area contributed by atoms with Crippen molar-refractivity contribution in [2.75, 3.05) is 7.11 Å². The number of aryl methyl sites for hydroxylation is 1. The lowest BCUT2D eigenvalue weighted by molar-refractivity contribution is 0.0748. The van der Waals surface area contributed by atoms with Crippen molar-refractivity contribution in [3.63, 3.8) is 0 Å². The molecule has 0 aliphatic carbocycles. The van der Waals surface area contributed by atoms with E-state index in [0.717, 1.165) is 32.0 Å². The number of para-hydroxylation sites is 1. The Morgan fingerprint density at radius 2 is 1.83 bits per heavy atom. The van der Waals surface area contributed by atoms with Crippen LogP contribution in [0.3, 0.4) is 0 Å². The van der Waals surface area contributed by atoms with Gasteiger partial charge in [-0.3, -0.25) is 4.79 Å². The summed E-state index contributed by atoms with van der Waals surface area (Å²) < 4.78 is 6.56. The standard InChI is InChI=1S/C23H19BrN2O2S/c1-15-6-5-7-17(14-15)22(27)26-23(19-8-3-4-9-20(19)28-2)29-21(25-26)16-10-12-18(24)13-11-16/h3-14,23H,1-2H3. The molecule has 0 saturated heterocycles. The van der Waals surface area contributed by atoms with Crippen LogP contribution in [0.15, 0.2) is 82.4 Å². The Morgan fingerprint density at radius 3 is 2.55 bits per heavy atom. The van der Waals surface area contributed by atoms with Crippen LogP contribution in [-0.2, 0) is 0 Å². The first-order valence-corrected chi connectivity index (χ1v) is 10.8. The fourth-order valence-electron chi connectivity index (χ4n) is 3.18. The Kier molecular flexibility index (Phi) is 5.74. The van der Waals surface area contributed by atoms with Gasteiger partial charge in [-0.15, -0.1) is 0 Å². The van der Waals surface area contributed by atoms with E-state index in [-0.39, 0.29) is 11.3 Å². The van der Waals surface area contributed by atoms with Gasteiger partial charge in [-0.25, -0.2) is 5.01 Å². The lowest BCUT2D eigenvalue weighted by atomic mass is 10.1. The van der Waals surface area contributed by atoms with E-state index in [1.165, 1.54) is 0 Å². The van der Waals surface area contributed by atoms with Crippen molar-refractivity contribution < 1.29 is 9.53 Å². The molecule has 1 atom stereocenters. The topological polar surface area (TPSA) is 41.9 Å². The normalized spacial score (nSPS) is 15.9. The maximum absolute atomic E-state index is 13.4. The number of nitrogens with zero attached hydrogens (tertiary/aromatic N) is 2. The fourth-order valence-corrected chi connectivity index (χ4v) is 4.62. The number of hydrazone groups is 1. The summed E-state index contributed by atoms with van der Waals surface area (Å²) in [5, 5.41) is 6.78. The summed E-state index contributed by atoms with van der Waals surface area (Å²) in [5.41, 5.74) is 3.54. The number of amides is 1. The van der Waals surface area contributed by atoms with Crippen LogP contribution in [-0.4, -0.2) is 23.1 Å². The molecule has 0 fully saturated rings. The Morgan fingerprint density at radius 1 is 1.07 bits per heavy atom. The minimum absolute atomic E-state index is 0.135. The Labute approximate surface area is 182 Å². The smallest absolute Gasteiger partial charge is 0.275 e. The van der Waals surface area contributed by atoms with Crippen LogP contribution in [0.5, 0.6) is 5.75 Å². The van der Waals surface area contributed by atoms with Gasteiger partial charge in [0.05, 0.1) is 7.11 Å². The van der Waals surface area contributed by atoms with E-state index in [0.29, 0.717) is 5.56 Å². The molecular weight excluding hydrogens is 448 g/mol. The minimum Gasteiger partial charge on any atom is -0.496 e. The summed E-state index contributed by atoms with van der Waals surface area (Å²) >= 11 is 5.01. The second kappa shape index (κ2) is 8.43. The van der Waals surface area contributed by atoms with E-state index < -0.39 is 0 Å². The summed E-state index contributed by atoms with van der Waals surface area (Å²) in [5.74, 6) is 0.600. The molecule has 1 amide bonds. The molecule has 0 spiro atoms. The predicted octanol–water partition coefficient (Wildman–Crippen LogP) is 6.02. The molecule has 0 aromatic heterocycles. The van der Waals surface area contributed by atoms with Crippen molar-refractivity contribution >= 4 is 38.6 Å². The average molecular weight is 467 g/mol. The van der Waals surface area contributed by atoms with E-state index in [9.17, 15) is 4.79 Å². The number of methoxy groups -OCH3 is 1. The molecule has 6 heteroatoms. The maximum Gasteiger partial charge on any atom is 0.275 e. The minimum atomic E-state index is -0.308. The second-order valence-electron chi connectivity index (χ2n) is 6.64. The third-order valence-corrected chi connectivity index (χ3v) is 6.36. The fraction of sp³-hybridized carbons (Fsp3) is 0.130. The Balaban J connectivity index is 1.77. The molecule has 0 radical (unpaired) electrons. The van der Waals surface area contributed by atoms with Crippen molar-refractivity contribution in [3.8, 4) is 5.75 Å². The average Bonchev–Trinajstić information content (AvgIpc) is 3.19. The van der Waals surface area contributed by atoms with Gasteiger partial charge in [-0.05, 0) is 37.3 Å². The van der Waals surface area contributed by atoms with Crippen molar-refractivity contribution in [2.45, 2.75) is 12.3 Å². The van der Waals surface area contributed by atoms with Gasteiger partial charge < -0.3 is 4.74 Å². The Bertz CT molecular complexity index is 1080. The third kappa shape index (κ3) is 4.09. The van der Waals surface area contributed by atoms with E-state index in [4.69, 9.17) is 9.84 Å². The summed E-state index contributed by atoms with van der Waals surface area (Å²) in [6, 6.07) is 23.3. The van der Waals surface area contributed by atoms with Crippen LogP contribution >= 0.6 is 27.7 Å². The molecule has 3 aromatic carbocycles. The van der Waals surface area contributed by atoms with Crippen LogP contribution < -0.4 is 4.74 Å². The molecule has 1 unspecified atom stereocenters. The highest BCUT2D eigenvalue weighted by atomic mass is 79.9. The number of ether oxygens (including phenoxy) is 1. The molecule has 1 aliphatic heterocycles. The van der Waals surface area contributed by atoms with Crippen LogP contribution in [0.25, 0.3) is 0 Å².